The third-order valence-electron chi connectivity index (χ3n) is 5.37. The summed E-state index contributed by atoms with van der Waals surface area (Å²) in [7, 11) is 0. The number of aromatic nitrogens is 3. The number of nitrogens with zero attached hydrogens (tertiary/aromatic N) is 4. The number of fused-ring (bicyclic) bond motifs is 1. The summed E-state index contributed by atoms with van der Waals surface area (Å²) in [6, 6.07) is 18.6. The number of halogens is 1. The smallest absolute Gasteiger partial charge is 0.154 e. The van der Waals surface area contributed by atoms with Crippen molar-refractivity contribution in [3.05, 3.63) is 78.2 Å². The second-order valence-corrected chi connectivity index (χ2v) is 7.10. The van der Waals surface area contributed by atoms with Crippen LogP contribution in [0.3, 0.4) is 0 Å². The van der Waals surface area contributed by atoms with Crippen molar-refractivity contribution < 1.29 is 4.39 Å². The predicted molar refractivity (Wildman–Crippen MR) is 109 cm³/mol. The van der Waals surface area contributed by atoms with E-state index in [0.717, 1.165) is 53.4 Å². The van der Waals surface area contributed by atoms with Crippen molar-refractivity contribution in [2.75, 3.05) is 17.2 Å². The molecule has 0 spiro atoms. The van der Waals surface area contributed by atoms with Crippen LogP contribution in [0.2, 0.25) is 0 Å². The fourth-order valence-corrected chi connectivity index (χ4v) is 3.98. The minimum Gasteiger partial charge on any atom is -0.399 e. The summed E-state index contributed by atoms with van der Waals surface area (Å²) in [6.07, 6.45) is 3.73. The maximum atomic E-state index is 14.4. The van der Waals surface area contributed by atoms with E-state index in [1.54, 1.807) is 6.07 Å². The zero-order chi connectivity index (χ0) is 19.1. The van der Waals surface area contributed by atoms with E-state index in [1.807, 2.05) is 59.2 Å². The van der Waals surface area contributed by atoms with Crippen molar-refractivity contribution in [3.63, 3.8) is 0 Å². The number of hydrogen-bond donors (Lipinski definition) is 1. The number of nitrogens with two attached hydrogens (primary N) is 1. The van der Waals surface area contributed by atoms with Gasteiger partial charge in [0.15, 0.2) is 5.65 Å². The van der Waals surface area contributed by atoms with Gasteiger partial charge in [0.05, 0.1) is 17.9 Å². The first-order chi connectivity index (χ1) is 13.7. The minimum atomic E-state index is -0.161. The fraction of sp³-hybridized carbons (Fsp3) is 0.182. The van der Waals surface area contributed by atoms with Gasteiger partial charge in [-0.25, -0.2) is 13.9 Å². The first-order valence-corrected chi connectivity index (χ1v) is 9.42. The van der Waals surface area contributed by atoms with Crippen molar-refractivity contribution in [3.8, 4) is 11.3 Å². The quantitative estimate of drug-likeness (QED) is 0.539. The van der Waals surface area contributed by atoms with Crippen molar-refractivity contribution in [1.82, 2.24) is 14.6 Å². The van der Waals surface area contributed by atoms with Gasteiger partial charge in [0.25, 0.3) is 0 Å². The Labute approximate surface area is 162 Å². The van der Waals surface area contributed by atoms with Crippen LogP contribution < -0.4 is 10.6 Å². The second kappa shape index (κ2) is 6.64. The number of nitrogen functional groups attached to an aromatic ring is 1. The molecule has 4 aromatic rings. The molecule has 1 aliphatic heterocycles. The van der Waals surface area contributed by atoms with Crippen molar-refractivity contribution in [2.24, 2.45) is 0 Å². The summed E-state index contributed by atoms with van der Waals surface area (Å²) in [4.78, 5) is 6.65. The summed E-state index contributed by atoms with van der Waals surface area (Å²) in [5.74, 6) is 0.665. The summed E-state index contributed by atoms with van der Waals surface area (Å²) >= 11 is 0. The summed E-state index contributed by atoms with van der Waals surface area (Å²) in [5.41, 5.74) is 9.93. The monoisotopic (exact) mass is 373 g/mol. The zero-order valence-corrected chi connectivity index (χ0v) is 15.3. The molecule has 0 amide bonds. The molecular formula is C22H20FN5. The number of imidazole rings is 1. The molecule has 0 saturated carbocycles. The van der Waals surface area contributed by atoms with E-state index in [-0.39, 0.29) is 11.9 Å². The minimum absolute atomic E-state index is 0.00496. The Morgan fingerprint density at radius 2 is 1.82 bits per heavy atom. The van der Waals surface area contributed by atoms with Gasteiger partial charge in [-0.05, 0) is 43.2 Å². The largest absolute Gasteiger partial charge is 0.399 e. The third-order valence-corrected chi connectivity index (χ3v) is 5.37. The van der Waals surface area contributed by atoms with Gasteiger partial charge in [-0.3, -0.25) is 0 Å². The SMILES string of the molecule is Nc1ccc(-c2cnc3ccc(N4CCCC4c4ccccc4F)nn23)cc1. The van der Waals surface area contributed by atoms with Crippen LogP contribution in [0, 0.1) is 5.82 Å². The van der Waals surface area contributed by atoms with Gasteiger partial charge in [0, 0.05) is 23.4 Å². The number of anilines is 2. The number of hydrogen-bond acceptors (Lipinski definition) is 4. The van der Waals surface area contributed by atoms with Crippen molar-refractivity contribution in [1.29, 1.82) is 0 Å². The highest BCUT2D eigenvalue weighted by Gasteiger charge is 2.29. The highest BCUT2D eigenvalue weighted by atomic mass is 19.1. The van der Waals surface area contributed by atoms with Crippen LogP contribution in [0.1, 0.15) is 24.4 Å². The standard InChI is InChI=1S/C22H20FN5/c23-18-5-2-1-4-17(18)19-6-3-13-27(19)22-12-11-21-25-14-20(28(21)26-22)15-7-9-16(24)10-8-15/h1-2,4-5,7-12,14,19H,3,6,13,24H2. The van der Waals surface area contributed by atoms with Gasteiger partial charge in [0.1, 0.15) is 11.6 Å². The first kappa shape index (κ1) is 16.7. The molecule has 2 N–H and O–H groups in total. The Balaban J connectivity index is 1.57. The maximum Gasteiger partial charge on any atom is 0.154 e. The van der Waals surface area contributed by atoms with Crippen LogP contribution in [0.25, 0.3) is 16.9 Å². The number of rotatable bonds is 3. The van der Waals surface area contributed by atoms with Crippen LogP contribution in [0.5, 0.6) is 0 Å². The Hall–Kier alpha value is -3.41. The van der Waals surface area contributed by atoms with Gasteiger partial charge in [0.2, 0.25) is 0 Å². The van der Waals surface area contributed by atoms with Crippen LogP contribution in [0.4, 0.5) is 15.9 Å². The molecule has 3 heterocycles. The molecule has 2 aromatic carbocycles. The molecule has 28 heavy (non-hydrogen) atoms. The molecule has 0 radical (unpaired) electrons. The van der Waals surface area contributed by atoms with E-state index >= 15 is 0 Å². The molecule has 1 saturated heterocycles. The van der Waals surface area contributed by atoms with E-state index in [0.29, 0.717) is 0 Å². The van der Waals surface area contributed by atoms with Crippen LogP contribution in [-0.4, -0.2) is 21.1 Å². The predicted octanol–water partition coefficient (Wildman–Crippen LogP) is 4.46. The molecular weight excluding hydrogens is 353 g/mol. The summed E-state index contributed by atoms with van der Waals surface area (Å²) in [5, 5.41) is 4.85. The molecule has 140 valence electrons. The highest BCUT2D eigenvalue weighted by molar-refractivity contribution is 5.65. The topological polar surface area (TPSA) is 59.5 Å². The zero-order valence-electron chi connectivity index (χ0n) is 15.3. The van der Waals surface area contributed by atoms with Gasteiger partial charge >= 0.3 is 0 Å². The van der Waals surface area contributed by atoms with Crippen LogP contribution in [-0.2, 0) is 0 Å². The third kappa shape index (κ3) is 2.78. The Morgan fingerprint density at radius 1 is 1.00 bits per heavy atom. The molecule has 2 aromatic heterocycles. The van der Waals surface area contributed by atoms with Crippen molar-refractivity contribution >= 4 is 17.2 Å². The van der Waals surface area contributed by atoms with Crippen LogP contribution in [0.15, 0.2) is 66.9 Å². The van der Waals surface area contributed by atoms with Gasteiger partial charge < -0.3 is 10.6 Å². The first-order valence-electron chi connectivity index (χ1n) is 9.42. The molecule has 1 aliphatic rings. The van der Waals surface area contributed by atoms with E-state index in [1.165, 1.54) is 6.07 Å². The fourth-order valence-electron chi connectivity index (χ4n) is 3.98. The average Bonchev–Trinajstić information content (AvgIpc) is 3.35. The molecule has 0 bridgehead atoms. The van der Waals surface area contributed by atoms with Gasteiger partial charge in [-0.1, -0.05) is 30.3 Å². The van der Waals surface area contributed by atoms with E-state index in [9.17, 15) is 4.39 Å². The summed E-state index contributed by atoms with van der Waals surface area (Å²) in [6.45, 7) is 0.851. The second-order valence-electron chi connectivity index (χ2n) is 7.10. The molecule has 6 heteroatoms. The molecule has 5 nitrogen and oxygen atoms in total. The Bertz CT molecular complexity index is 1140. The molecule has 1 fully saturated rings. The van der Waals surface area contributed by atoms with E-state index in [2.05, 4.69) is 9.88 Å². The molecule has 1 unspecified atom stereocenters. The Kier molecular flexibility index (Phi) is 3.97. The van der Waals surface area contributed by atoms with Crippen molar-refractivity contribution in [2.45, 2.75) is 18.9 Å². The maximum absolute atomic E-state index is 14.4. The summed E-state index contributed by atoms with van der Waals surface area (Å²) < 4.78 is 16.2. The number of benzene rings is 2. The normalized spacial score (nSPS) is 16.8. The molecule has 0 aliphatic carbocycles. The lowest BCUT2D eigenvalue weighted by Gasteiger charge is -2.26. The van der Waals surface area contributed by atoms with Gasteiger partial charge in [-0.2, -0.15) is 0 Å². The average molecular weight is 373 g/mol. The molecule has 1 atom stereocenters. The lowest BCUT2D eigenvalue weighted by atomic mass is 10.0. The van der Waals surface area contributed by atoms with Gasteiger partial charge in [-0.15, -0.1) is 5.10 Å². The van der Waals surface area contributed by atoms with E-state index in [4.69, 9.17) is 10.8 Å². The molecule has 5 rings (SSSR count). The van der Waals surface area contributed by atoms with E-state index < -0.39 is 0 Å². The Morgan fingerprint density at radius 3 is 2.64 bits per heavy atom. The lowest BCUT2D eigenvalue weighted by Crippen LogP contribution is -2.25. The highest BCUT2D eigenvalue weighted by Crippen LogP contribution is 2.36. The van der Waals surface area contributed by atoms with Crippen LogP contribution >= 0.6 is 0 Å². The lowest BCUT2D eigenvalue weighted by molar-refractivity contribution is 0.578.